The van der Waals surface area contributed by atoms with Crippen LogP contribution in [0.5, 0.6) is 0 Å². The predicted molar refractivity (Wildman–Crippen MR) is 32.0 cm³/mol. The minimum Gasteiger partial charge on any atom is -0.479 e. The van der Waals surface area contributed by atoms with Crippen molar-refractivity contribution in [3.8, 4) is 0 Å². The van der Waals surface area contributed by atoms with E-state index in [1.807, 2.05) is 0 Å². The van der Waals surface area contributed by atoms with Crippen LogP contribution in [-0.2, 0) is 4.79 Å². The molecule has 2 nitrogen and oxygen atoms in total. The van der Waals surface area contributed by atoms with Gasteiger partial charge in [-0.15, -0.1) is 0 Å². The lowest BCUT2D eigenvalue weighted by Gasteiger charge is -2.04. The van der Waals surface area contributed by atoms with Crippen molar-refractivity contribution in [3.63, 3.8) is 0 Å². The summed E-state index contributed by atoms with van der Waals surface area (Å²) in [5.41, 5.74) is 0. The van der Waals surface area contributed by atoms with Crippen molar-refractivity contribution in [3.05, 3.63) is 0 Å². The molecule has 9 heavy (non-hydrogen) atoms. The number of hydrogen-bond acceptors (Lipinski definition) is 1. The fourth-order valence-corrected chi connectivity index (χ4v) is 0.515. The topological polar surface area (TPSA) is 37.3 Å². The first-order chi connectivity index (χ1) is 4.04. The second-order valence-corrected chi connectivity index (χ2v) is 2.44. The molecule has 0 aliphatic rings. The van der Waals surface area contributed by atoms with Crippen LogP contribution in [0.1, 0.15) is 20.3 Å². The third-order valence-electron chi connectivity index (χ3n) is 0.946. The fraction of sp³-hybridized carbons (Fsp3) is 0.833. The number of halogens is 1. The quantitative estimate of drug-likeness (QED) is 0.634. The first-order valence-corrected chi connectivity index (χ1v) is 2.91. The molecule has 0 saturated carbocycles. The Hall–Kier alpha value is -0.600. The lowest BCUT2D eigenvalue weighted by atomic mass is 10.1. The number of carboxylic acid groups (broad SMARTS) is 1. The maximum atomic E-state index is 12.2. The molecule has 0 amide bonds. The molecule has 3 heteroatoms. The highest BCUT2D eigenvalue weighted by Gasteiger charge is 2.16. The summed E-state index contributed by atoms with van der Waals surface area (Å²) in [4.78, 5) is 9.86. The Labute approximate surface area is 53.7 Å². The lowest BCUT2D eigenvalue weighted by Crippen LogP contribution is -2.16. The van der Waals surface area contributed by atoms with E-state index in [2.05, 4.69) is 0 Å². The number of rotatable bonds is 3. The number of aliphatic carboxylic acids is 1. The van der Waals surface area contributed by atoms with E-state index in [9.17, 15) is 9.18 Å². The average molecular weight is 134 g/mol. The molecule has 0 rings (SSSR count). The van der Waals surface area contributed by atoms with Gasteiger partial charge >= 0.3 is 5.97 Å². The zero-order chi connectivity index (χ0) is 7.44. The Morgan fingerprint density at radius 2 is 2.11 bits per heavy atom. The molecule has 0 aliphatic heterocycles. The summed E-state index contributed by atoms with van der Waals surface area (Å²) < 4.78 is 12.2. The van der Waals surface area contributed by atoms with E-state index in [0.29, 0.717) is 0 Å². The highest BCUT2D eigenvalue weighted by molar-refractivity contribution is 5.71. The van der Waals surface area contributed by atoms with Gasteiger partial charge in [-0.05, 0) is 12.3 Å². The lowest BCUT2D eigenvalue weighted by molar-refractivity contribution is -0.143. The highest BCUT2D eigenvalue weighted by Crippen LogP contribution is 2.07. The van der Waals surface area contributed by atoms with Crippen molar-refractivity contribution in [2.75, 3.05) is 0 Å². The van der Waals surface area contributed by atoms with Crippen molar-refractivity contribution in [1.29, 1.82) is 0 Å². The highest BCUT2D eigenvalue weighted by atomic mass is 19.1. The number of hydrogen-bond donors (Lipinski definition) is 1. The molecule has 0 aromatic carbocycles. The van der Waals surface area contributed by atoms with Crippen LogP contribution in [0.15, 0.2) is 0 Å². The van der Waals surface area contributed by atoms with Gasteiger partial charge in [-0.1, -0.05) is 13.8 Å². The normalized spacial score (nSPS) is 13.8. The molecule has 0 aromatic heterocycles. The largest absolute Gasteiger partial charge is 0.479 e. The summed E-state index contributed by atoms with van der Waals surface area (Å²) in [6.07, 6.45) is -1.58. The molecule has 1 N–H and O–H groups in total. The van der Waals surface area contributed by atoms with E-state index >= 15 is 0 Å². The second-order valence-electron chi connectivity index (χ2n) is 2.44. The minimum atomic E-state index is -1.69. The van der Waals surface area contributed by atoms with Crippen LogP contribution in [0, 0.1) is 5.92 Å². The number of carbonyl (C=O) groups is 1. The molecule has 54 valence electrons. The first-order valence-electron chi connectivity index (χ1n) is 2.91. The van der Waals surface area contributed by atoms with Crippen LogP contribution < -0.4 is 0 Å². The second kappa shape index (κ2) is 3.43. The summed E-state index contributed by atoms with van der Waals surface area (Å²) in [5, 5.41) is 8.06. The van der Waals surface area contributed by atoms with Crippen molar-refractivity contribution in [1.82, 2.24) is 0 Å². The number of alkyl halides is 1. The van der Waals surface area contributed by atoms with E-state index in [0.717, 1.165) is 0 Å². The summed E-state index contributed by atoms with van der Waals surface area (Å²) in [6.45, 7) is 3.57. The van der Waals surface area contributed by atoms with Gasteiger partial charge in [0.05, 0.1) is 0 Å². The van der Waals surface area contributed by atoms with Gasteiger partial charge in [0.1, 0.15) is 0 Å². The van der Waals surface area contributed by atoms with Crippen LogP contribution >= 0.6 is 0 Å². The van der Waals surface area contributed by atoms with E-state index < -0.39 is 12.1 Å². The molecule has 0 saturated heterocycles. The van der Waals surface area contributed by atoms with E-state index in [1.165, 1.54) is 0 Å². The van der Waals surface area contributed by atoms with E-state index in [-0.39, 0.29) is 12.3 Å². The SMILES string of the molecule is CC(C)C[C@H](F)C(=O)O. The summed E-state index contributed by atoms with van der Waals surface area (Å²) in [6, 6.07) is 0. The standard InChI is InChI=1S/C6H11FO2/c1-4(2)3-5(7)6(8)9/h4-5H,3H2,1-2H3,(H,8,9)/t5-/m0/s1. The molecule has 0 aliphatic carbocycles. The van der Waals surface area contributed by atoms with E-state index in [4.69, 9.17) is 5.11 Å². The Bertz CT molecular complexity index is 101. The molecule has 0 unspecified atom stereocenters. The zero-order valence-electron chi connectivity index (χ0n) is 5.60. The van der Waals surface area contributed by atoms with Crippen molar-refractivity contribution < 1.29 is 14.3 Å². The average Bonchev–Trinajstić information content (AvgIpc) is 1.63. The van der Waals surface area contributed by atoms with Crippen molar-refractivity contribution in [2.24, 2.45) is 5.92 Å². The Balaban J connectivity index is 3.50. The Morgan fingerprint density at radius 1 is 1.67 bits per heavy atom. The van der Waals surface area contributed by atoms with Gasteiger partial charge in [-0.2, -0.15) is 0 Å². The maximum absolute atomic E-state index is 12.2. The third kappa shape index (κ3) is 3.94. The van der Waals surface area contributed by atoms with Gasteiger partial charge in [0.25, 0.3) is 0 Å². The van der Waals surface area contributed by atoms with Gasteiger partial charge in [0.2, 0.25) is 0 Å². The van der Waals surface area contributed by atoms with Crippen LogP contribution in [0.2, 0.25) is 0 Å². The van der Waals surface area contributed by atoms with E-state index in [1.54, 1.807) is 13.8 Å². The molecular weight excluding hydrogens is 123 g/mol. The van der Waals surface area contributed by atoms with Crippen LogP contribution in [0.25, 0.3) is 0 Å². The number of carboxylic acids is 1. The van der Waals surface area contributed by atoms with Gasteiger partial charge in [0.15, 0.2) is 6.17 Å². The molecule has 1 atom stereocenters. The Morgan fingerprint density at radius 3 is 2.22 bits per heavy atom. The predicted octanol–water partition coefficient (Wildman–Crippen LogP) is 1.46. The maximum Gasteiger partial charge on any atom is 0.338 e. The summed E-state index contributed by atoms with van der Waals surface area (Å²) in [5.74, 6) is -1.25. The molecule has 0 fully saturated rings. The van der Waals surface area contributed by atoms with Gasteiger partial charge in [0, 0.05) is 0 Å². The molecule has 0 aromatic rings. The van der Waals surface area contributed by atoms with Crippen LogP contribution in [0.4, 0.5) is 4.39 Å². The third-order valence-corrected chi connectivity index (χ3v) is 0.946. The molecule has 0 bridgehead atoms. The van der Waals surface area contributed by atoms with Crippen LogP contribution in [-0.4, -0.2) is 17.2 Å². The molecule has 0 radical (unpaired) electrons. The van der Waals surface area contributed by atoms with Crippen LogP contribution in [0.3, 0.4) is 0 Å². The Kier molecular flexibility index (Phi) is 3.20. The van der Waals surface area contributed by atoms with Crippen molar-refractivity contribution in [2.45, 2.75) is 26.4 Å². The first kappa shape index (κ1) is 8.40. The molecule has 0 heterocycles. The van der Waals surface area contributed by atoms with Gasteiger partial charge in [-0.25, -0.2) is 9.18 Å². The molecule has 0 spiro atoms. The minimum absolute atomic E-state index is 0.106. The monoisotopic (exact) mass is 134 g/mol. The summed E-state index contributed by atoms with van der Waals surface area (Å²) >= 11 is 0. The molecular formula is C6H11FO2. The van der Waals surface area contributed by atoms with Gasteiger partial charge in [-0.3, -0.25) is 0 Å². The summed E-state index contributed by atoms with van der Waals surface area (Å²) in [7, 11) is 0. The van der Waals surface area contributed by atoms with Gasteiger partial charge < -0.3 is 5.11 Å². The smallest absolute Gasteiger partial charge is 0.338 e. The fourth-order valence-electron chi connectivity index (χ4n) is 0.515. The van der Waals surface area contributed by atoms with Crippen molar-refractivity contribution >= 4 is 5.97 Å². The zero-order valence-corrected chi connectivity index (χ0v) is 5.60.